The molecule has 0 aliphatic carbocycles. The quantitative estimate of drug-likeness (QED) is 0.543. The smallest absolute Gasteiger partial charge is 0.416 e. The number of alkyl halides is 6. The van der Waals surface area contributed by atoms with Crippen LogP contribution in [0.15, 0.2) is 42.5 Å². The van der Waals surface area contributed by atoms with E-state index in [1.165, 1.54) is 18.2 Å². The third kappa shape index (κ3) is 5.23. The zero-order chi connectivity index (χ0) is 18.7. The first-order chi connectivity index (χ1) is 11.6. The normalized spacial score (nSPS) is 12.1. The Bertz CT molecular complexity index is 717. The molecule has 0 aromatic heterocycles. The lowest BCUT2D eigenvalue weighted by Crippen LogP contribution is -2.12. The highest BCUT2D eigenvalue weighted by Gasteiger charge is 2.36. The van der Waals surface area contributed by atoms with Gasteiger partial charge < -0.3 is 4.74 Å². The van der Waals surface area contributed by atoms with E-state index in [1.54, 1.807) is 6.07 Å². The maximum atomic E-state index is 12.8. The summed E-state index contributed by atoms with van der Waals surface area (Å²) in [6, 6.07) is 7.44. The second kappa shape index (κ2) is 7.16. The van der Waals surface area contributed by atoms with Crippen LogP contribution in [0.25, 0.3) is 0 Å². The summed E-state index contributed by atoms with van der Waals surface area (Å²) in [5.74, 6) is 0.299. The van der Waals surface area contributed by atoms with E-state index in [0.29, 0.717) is 29.7 Å². The van der Waals surface area contributed by atoms with Crippen molar-refractivity contribution in [2.75, 3.05) is 6.61 Å². The molecule has 2 aromatic carbocycles. The largest absolute Gasteiger partial charge is 0.493 e. The summed E-state index contributed by atoms with van der Waals surface area (Å²) in [6.45, 7) is -0.138. The number of hydrogen-bond donors (Lipinski definition) is 0. The van der Waals surface area contributed by atoms with Gasteiger partial charge in [-0.3, -0.25) is 4.79 Å². The van der Waals surface area contributed by atoms with E-state index in [2.05, 4.69) is 0 Å². The predicted octanol–water partition coefficient (Wildman–Crippen LogP) is 5.16. The lowest BCUT2D eigenvalue weighted by Gasteiger charge is -2.14. The molecule has 2 rings (SSSR count). The average molecular weight is 362 g/mol. The van der Waals surface area contributed by atoms with Crippen LogP contribution >= 0.6 is 0 Å². The molecule has 2 aromatic rings. The Kier molecular flexibility index (Phi) is 5.39. The van der Waals surface area contributed by atoms with Crippen molar-refractivity contribution in [3.63, 3.8) is 0 Å². The van der Waals surface area contributed by atoms with Crippen molar-refractivity contribution in [2.45, 2.75) is 18.8 Å². The number of ether oxygens (including phenoxy) is 1. The Morgan fingerprint density at radius 1 is 0.880 bits per heavy atom. The van der Waals surface area contributed by atoms with Crippen molar-refractivity contribution in [2.24, 2.45) is 0 Å². The van der Waals surface area contributed by atoms with E-state index < -0.39 is 23.5 Å². The summed E-state index contributed by atoms with van der Waals surface area (Å²) in [4.78, 5) is 10.6. The highest BCUT2D eigenvalue weighted by molar-refractivity contribution is 5.75. The molecule has 0 N–H and O–H groups in total. The molecule has 25 heavy (non-hydrogen) atoms. The fourth-order valence-corrected chi connectivity index (χ4v) is 2.13. The van der Waals surface area contributed by atoms with Crippen LogP contribution in [-0.2, 0) is 18.8 Å². The molecule has 0 bridgehead atoms. The van der Waals surface area contributed by atoms with Crippen molar-refractivity contribution in [3.05, 3.63) is 64.7 Å². The Morgan fingerprint density at radius 2 is 1.48 bits per heavy atom. The van der Waals surface area contributed by atoms with Crippen LogP contribution in [0.3, 0.4) is 0 Å². The second-order valence-electron chi connectivity index (χ2n) is 5.20. The van der Waals surface area contributed by atoms with Crippen LogP contribution in [0, 0.1) is 0 Å². The van der Waals surface area contributed by atoms with Crippen LogP contribution in [0.2, 0.25) is 0 Å². The molecule has 2 nitrogen and oxygen atoms in total. The van der Waals surface area contributed by atoms with Crippen LogP contribution < -0.4 is 4.74 Å². The summed E-state index contributed by atoms with van der Waals surface area (Å²) in [7, 11) is 0. The van der Waals surface area contributed by atoms with E-state index in [9.17, 15) is 31.1 Å². The average Bonchev–Trinajstić information content (AvgIpc) is 2.53. The second-order valence-corrected chi connectivity index (χ2v) is 5.20. The molecular weight excluding hydrogens is 350 g/mol. The first-order valence-electron chi connectivity index (χ1n) is 7.06. The SMILES string of the molecule is O=Cc1cccc(OCCc2cc(C(F)(F)F)cc(C(F)(F)F)c2)c1. The number of carbonyl (C=O) groups is 1. The highest BCUT2D eigenvalue weighted by atomic mass is 19.4. The minimum Gasteiger partial charge on any atom is -0.493 e. The fourth-order valence-electron chi connectivity index (χ4n) is 2.13. The van der Waals surface area contributed by atoms with Crippen molar-refractivity contribution in [3.8, 4) is 5.75 Å². The maximum Gasteiger partial charge on any atom is 0.416 e. The van der Waals surface area contributed by atoms with Gasteiger partial charge in [0.1, 0.15) is 12.0 Å². The van der Waals surface area contributed by atoms with Gasteiger partial charge in [0.2, 0.25) is 0 Å². The summed E-state index contributed by atoms with van der Waals surface area (Å²) < 4.78 is 81.9. The third-order valence-corrected chi connectivity index (χ3v) is 3.30. The molecule has 0 fully saturated rings. The molecule has 0 radical (unpaired) electrons. The molecule has 0 aliphatic heterocycles. The predicted molar refractivity (Wildman–Crippen MR) is 77.5 cm³/mol. The number of rotatable bonds is 5. The first-order valence-corrected chi connectivity index (χ1v) is 7.06. The molecule has 0 saturated heterocycles. The summed E-state index contributed by atoms with van der Waals surface area (Å²) in [5, 5.41) is 0. The number of aldehydes is 1. The maximum absolute atomic E-state index is 12.8. The summed E-state index contributed by atoms with van der Waals surface area (Å²) in [6.07, 6.45) is -9.32. The van der Waals surface area contributed by atoms with Gasteiger partial charge in [0, 0.05) is 12.0 Å². The lowest BCUT2D eigenvalue weighted by atomic mass is 10.0. The molecule has 0 amide bonds. The van der Waals surface area contributed by atoms with Gasteiger partial charge in [-0.2, -0.15) is 26.3 Å². The van der Waals surface area contributed by atoms with E-state index in [1.807, 2.05) is 0 Å². The molecule has 0 spiro atoms. The molecule has 134 valence electrons. The lowest BCUT2D eigenvalue weighted by molar-refractivity contribution is -0.143. The fraction of sp³-hybridized carbons (Fsp3) is 0.235. The number of hydrogen-bond acceptors (Lipinski definition) is 2. The number of benzene rings is 2. The first kappa shape index (κ1) is 18.8. The summed E-state index contributed by atoms with van der Waals surface area (Å²) in [5.41, 5.74) is -2.52. The molecule has 0 atom stereocenters. The zero-order valence-corrected chi connectivity index (χ0v) is 12.6. The molecule has 0 heterocycles. The molecule has 0 unspecified atom stereocenters. The van der Waals surface area contributed by atoms with E-state index in [4.69, 9.17) is 4.74 Å². The Balaban J connectivity index is 2.16. The third-order valence-electron chi connectivity index (χ3n) is 3.30. The molecule has 8 heteroatoms. The number of halogens is 6. The highest BCUT2D eigenvalue weighted by Crippen LogP contribution is 2.36. The molecular formula is C17H12F6O2. The van der Waals surface area contributed by atoms with Crippen molar-refractivity contribution >= 4 is 6.29 Å². The topological polar surface area (TPSA) is 26.3 Å². The van der Waals surface area contributed by atoms with Crippen molar-refractivity contribution in [1.29, 1.82) is 0 Å². The Labute approximate surface area is 139 Å². The monoisotopic (exact) mass is 362 g/mol. The van der Waals surface area contributed by atoms with Gasteiger partial charge in [0.25, 0.3) is 0 Å². The van der Waals surface area contributed by atoms with Crippen LogP contribution in [0.1, 0.15) is 27.0 Å². The Morgan fingerprint density at radius 3 is 2.00 bits per heavy atom. The molecule has 0 aliphatic rings. The van der Waals surface area contributed by atoms with Gasteiger partial charge in [-0.1, -0.05) is 12.1 Å². The molecule has 0 saturated carbocycles. The number of carbonyl (C=O) groups excluding carboxylic acids is 1. The van der Waals surface area contributed by atoms with E-state index in [0.717, 1.165) is 0 Å². The van der Waals surface area contributed by atoms with Crippen molar-refractivity contribution < 1.29 is 35.9 Å². The van der Waals surface area contributed by atoms with Gasteiger partial charge in [-0.25, -0.2) is 0 Å². The van der Waals surface area contributed by atoms with E-state index >= 15 is 0 Å². The minimum absolute atomic E-state index is 0.0813. The van der Waals surface area contributed by atoms with Gasteiger partial charge in [-0.15, -0.1) is 0 Å². The van der Waals surface area contributed by atoms with E-state index in [-0.39, 0.29) is 24.7 Å². The standard InChI is InChI=1S/C17H12F6O2/c18-16(19,20)13-6-11(7-14(9-13)17(21,22)23)4-5-25-15-3-1-2-12(8-15)10-24/h1-3,6-10H,4-5H2. The van der Waals surface area contributed by atoms with Gasteiger partial charge >= 0.3 is 12.4 Å². The van der Waals surface area contributed by atoms with Crippen LogP contribution in [-0.4, -0.2) is 12.9 Å². The van der Waals surface area contributed by atoms with Gasteiger partial charge in [0.15, 0.2) is 0 Å². The van der Waals surface area contributed by atoms with Crippen LogP contribution in [0.4, 0.5) is 26.3 Å². The van der Waals surface area contributed by atoms with Crippen LogP contribution in [0.5, 0.6) is 5.75 Å². The zero-order valence-electron chi connectivity index (χ0n) is 12.6. The minimum atomic E-state index is -4.88. The Hall–Kier alpha value is -2.51. The summed E-state index contributed by atoms with van der Waals surface area (Å²) >= 11 is 0. The van der Waals surface area contributed by atoms with Gasteiger partial charge in [0.05, 0.1) is 17.7 Å². The van der Waals surface area contributed by atoms with Crippen molar-refractivity contribution in [1.82, 2.24) is 0 Å². The van der Waals surface area contributed by atoms with Gasteiger partial charge in [-0.05, 0) is 35.9 Å².